The first-order chi connectivity index (χ1) is 13.5. The molecule has 0 fully saturated rings. The number of carbonyl (C=O) groups is 1. The quantitative estimate of drug-likeness (QED) is 0.594. The Hall–Kier alpha value is -2.59. The zero-order valence-electron chi connectivity index (χ0n) is 16.4. The number of aromatic amines is 1. The van der Waals surface area contributed by atoms with Gasteiger partial charge in [0.15, 0.2) is 0 Å². The molecule has 2 aromatic carbocycles. The minimum Gasteiger partial charge on any atom is -0.326 e. The van der Waals surface area contributed by atoms with Gasteiger partial charge in [0.05, 0.1) is 11.7 Å². The minimum absolute atomic E-state index is 0.0162. The lowest BCUT2D eigenvalue weighted by molar-refractivity contribution is 0.0744. The van der Waals surface area contributed by atoms with Crippen molar-refractivity contribution in [1.82, 2.24) is 15.1 Å². The third-order valence-corrected chi connectivity index (χ3v) is 5.62. The number of nitrogens with one attached hydrogen (secondary N) is 1. The average Bonchev–Trinajstić information content (AvgIpc) is 3.23. The Morgan fingerprint density at radius 1 is 1.11 bits per heavy atom. The average molecular weight is 394 g/mol. The molecular weight excluding hydrogens is 370 g/mol. The van der Waals surface area contributed by atoms with Crippen LogP contribution in [0.25, 0.3) is 11.3 Å². The normalized spacial score (nSPS) is 16.1. The third-order valence-electron chi connectivity index (χ3n) is 5.36. The first-order valence-corrected chi connectivity index (χ1v) is 10.1. The van der Waals surface area contributed by atoms with Crippen LogP contribution in [0.15, 0.2) is 48.5 Å². The molecule has 1 unspecified atom stereocenters. The molecule has 0 saturated carbocycles. The lowest BCUT2D eigenvalue weighted by atomic mass is 9.94. The molecule has 28 heavy (non-hydrogen) atoms. The summed E-state index contributed by atoms with van der Waals surface area (Å²) in [7, 11) is 0. The topological polar surface area (TPSA) is 49.0 Å². The highest BCUT2D eigenvalue weighted by Gasteiger charge is 2.41. The lowest BCUT2D eigenvalue weighted by Crippen LogP contribution is -2.30. The lowest BCUT2D eigenvalue weighted by Gasteiger charge is -2.26. The van der Waals surface area contributed by atoms with Gasteiger partial charge < -0.3 is 4.90 Å². The number of hydrogen-bond donors (Lipinski definition) is 1. The minimum atomic E-state index is -0.131. The summed E-state index contributed by atoms with van der Waals surface area (Å²) in [5, 5.41) is 8.16. The maximum absolute atomic E-state index is 13.1. The zero-order chi connectivity index (χ0) is 19.8. The van der Waals surface area contributed by atoms with Crippen molar-refractivity contribution in [1.29, 1.82) is 0 Å². The molecule has 1 N–H and O–H groups in total. The molecule has 0 bridgehead atoms. The molecule has 3 aromatic rings. The van der Waals surface area contributed by atoms with Crippen molar-refractivity contribution in [3.05, 3.63) is 75.9 Å². The van der Waals surface area contributed by atoms with Gasteiger partial charge in [-0.25, -0.2) is 0 Å². The highest BCUT2D eigenvalue weighted by molar-refractivity contribution is 6.30. The van der Waals surface area contributed by atoms with Crippen molar-refractivity contribution in [2.24, 2.45) is 0 Å². The molecule has 2 heterocycles. The fraction of sp³-hybridized carbons (Fsp3) is 0.304. The van der Waals surface area contributed by atoms with Crippen LogP contribution in [0.5, 0.6) is 0 Å². The molecule has 144 valence electrons. The van der Waals surface area contributed by atoms with Gasteiger partial charge in [-0.15, -0.1) is 0 Å². The Balaban J connectivity index is 1.84. The molecule has 0 saturated heterocycles. The van der Waals surface area contributed by atoms with E-state index in [0.717, 1.165) is 28.8 Å². The van der Waals surface area contributed by atoms with Crippen molar-refractivity contribution >= 4 is 17.5 Å². The molecule has 1 atom stereocenters. The van der Waals surface area contributed by atoms with E-state index in [1.807, 2.05) is 29.2 Å². The van der Waals surface area contributed by atoms with Crippen LogP contribution in [-0.4, -0.2) is 27.5 Å². The highest BCUT2D eigenvalue weighted by Crippen LogP contribution is 2.43. The van der Waals surface area contributed by atoms with Gasteiger partial charge in [-0.05, 0) is 35.6 Å². The Kier molecular flexibility index (Phi) is 4.98. The first kappa shape index (κ1) is 18.8. The SMILES string of the molecule is CCCN1C(=O)c2[nH]nc(-c3ccc(Cl)cc3)c2C1c1ccc(C(C)C)cc1. The van der Waals surface area contributed by atoms with Gasteiger partial charge in [-0.1, -0.05) is 68.8 Å². The largest absolute Gasteiger partial charge is 0.326 e. The van der Waals surface area contributed by atoms with Crippen molar-refractivity contribution in [2.75, 3.05) is 6.54 Å². The van der Waals surface area contributed by atoms with Gasteiger partial charge in [0.25, 0.3) is 5.91 Å². The Morgan fingerprint density at radius 3 is 2.39 bits per heavy atom. The summed E-state index contributed by atoms with van der Waals surface area (Å²) in [6.45, 7) is 7.17. The maximum atomic E-state index is 13.1. The summed E-state index contributed by atoms with van der Waals surface area (Å²) in [6, 6.07) is 16.1. The number of rotatable bonds is 5. The molecule has 1 amide bonds. The van der Waals surface area contributed by atoms with Crippen LogP contribution in [-0.2, 0) is 0 Å². The molecule has 4 nitrogen and oxygen atoms in total. The predicted octanol–water partition coefficient (Wildman–Crippen LogP) is 5.81. The molecule has 0 radical (unpaired) electrons. The summed E-state index contributed by atoms with van der Waals surface area (Å²) in [5.41, 5.74) is 5.73. The van der Waals surface area contributed by atoms with E-state index in [4.69, 9.17) is 11.6 Å². The Labute approximate surface area is 170 Å². The molecule has 1 aliphatic heterocycles. The number of benzene rings is 2. The number of hydrogen-bond acceptors (Lipinski definition) is 2. The van der Waals surface area contributed by atoms with E-state index in [0.29, 0.717) is 23.2 Å². The van der Waals surface area contributed by atoms with E-state index in [1.165, 1.54) is 5.56 Å². The summed E-state index contributed by atoms with van der Waals surface area (Å²) < 4.78 is 0. The molecule has 0 spiro atoms. The van der Waals surface area contributed by atoms with Crippen LogP contribution < -0.4 is 0 Å². The van der Waals surface area contributed by atoms with E-state index >= 15 is 0 Å². The Bertz CT molecular complexity index is 990. The van der Waals surface area contributed by atoms with E-state index < -0.39 is 0 Å². The van der Waals surface area contributed by atoms with Crippen LogP contribution in [0, 0.1) is 0 Å². The fourth-order valence-corrected chi connectivity index (χ4v) is 4.03. The van der Waals surface area contributed by atoms with Gasteiger partial charge in [0.2, 0.25) is 0 Å². The van der Waals surface area contributed by atoms with E-state index in [-0.39, 0.29) is 11.9 Å². The number of nitrogens with zero attached hydrogens (tertiary/aromatic N) is 2. The number of carbonyl (C=O) groups excluding carboxylic acids is 1. The molecule has 1 aliphatic rings. The van der Waals surface area contributed by atoms with Gasteiger partial charge in [-0.2, -0.15) is 5.10 Å². The van der Waals surface area contributed by atoms with E-state index in [2.05, 4.69) is 55.2 Å². The molecule has 1 aromatic heterocycles. The monoisotopic (exact) mass is 393 g/mol. The summed E-state index contributed by atoms with van der Waals surface area (Å²) >= 11 is 6.05. The second kappa shape index (κ2) is 7.44. The fourth-order valence-electron chi connectivity index (χ4n) is 3.91. The van der Waals surface area contributed by atoms with E-state index in [1.54, 1.807) is 0 Å². The second-order valence-electron chi connectivity index (χ2n) is 7.59. The number of aromatic nitrogens is 2. The number of halogens is 1. The summed E-state index contributed by atoms with van der Waals surface area (Å²) in [4.78, 5) is 15.0. The number of H-pyrrole nitrogens is 1. The van der Waals surface area contributed by atoms with Crippen molar-refractivity contribution in [3.63, 3.8) is 0 Å². The van der Waals surface area contributed by atoms with Crippen LogP contribution in [0.4, 0.5) is 0 Å². The van der Waals surface area contributed by atoms with Gasteiger partial charge in [0, 0.05) is 22.7 Å². The molecule has 0 aliphatic carbocycles. The Morgan fingerprint density at radius 2 is 1.79 bits per heavy atom. The van der Waals surface area contributed by atoms with Crippen LogP contribution in [0.1, 0.15) is 66.3 Å². The number of amides is 1. The zero-order valence-corrected chi connectivity index (χ0v) is 17.1. The van der Waals surface area contributed by atoms with Crippen LogP contribution in [0.2, 0.25) is 5.02 Å². The molecular formula is C23H24ClN3O. The van der Waals surface area contributed by atoms with E-state index in [9.17, 15) is 4.79 Å². The van der Waals surface area contributed by atoms with Crippen molar-refractivity contribution in [3.8, 4) is 11.3 Å². The molecule has 5 heteroatoms. The van der Waals surface area contributed by atoms with Crippen LogP contribution >= 0.6 is 11.6 Å². The van der Waals surface area contributed by atoms with Crippen LogP contribution in [0.3, 0.4) is 0 Å². The standard InChI is InChI=1S/C23H24ClN3O/c1-4-13-27-22(17-7-5-15(6-8-17)14(2)3)19-20(25-26-21(19)23(27)28)16-9-11-18(24)12-10-16/h5-12,14,22H,4,13H2,1-3H3,(H,25,26). The maximum Gasteiger partial charge on any atom is 0.273 e. The third kappa shape index (κ3) is 3.12. The molecule has 4 rings (SSSR count). The van der Waals surface area contributed by atoms with Crippen molar-refractivity contribution in [2.45, 2.75) is 39.2 Å². The van der Waals surface area contributed by atoms with Gasteiger partial charge in [0.1, 0.15) is 5.69 Å². The smallest absolute Gasteiger partial charge is 0.273 e. The summed E-state index contributed by atoms with van der Waals surface area (Å²) in [6.07, 6.45) is 0.903. The van der Waals surface area contributed by atoms with Crippen molar-refractivity contribution < 1.29 is 4.79 Å². The van der Waals surface area contributed by atoms with Gasteiger partial charge in [-0.3, -0.25) is 9.89 Å². The number of fused-ring (bicyclic) bond motifs is 1. The van der Waals surface area contributed by atoms with Gasteiger partial charge >= 0.3 is 0 Å². The first-order valence-electron chi connectivity index (χ1n) is 9.76. The second-order valence-corrected chi connectivity index (χ2v) is 8.03. The highest BCUT2D eigenvalue weighted by atomic mass is 35.5. The summed E-state index contributed by atoms with van der Waals surface area (Å²) in [5.74, 6) is 0.489. The predicted molar refractivity (Wildman–Crippen MR) is 113 cm³/mol.